The Labute approximate surface area is 113 Å². The van der Waals surface area contributed by atoms with Gasteiger partial charge >= 0.3 is 0 Å². The summed E-state index contributed by atoms with van der Waals surface area (Å²) >= 11 is 0. The van der Waals surface area contributed by atoms with E-state index >= 15 is 0 Å². The van der Waals surface area contributed by atoms with Gasteiger partial charge in [0.05, 0.1) is 0 Å². The second-order valence-electron chi connectivity index (χ2n) is 4.37. The van der Waals surface area contributed by atoms with Crippen LogP contribution in [0, 0.1) is 0 Å². The van der Waals surface area contributed by atoms with Crippen LogP contribution in [0.15, 0.2) is 18.2 Å². The quantitative estimate of drug-likeness (QED) is 0.655. The molecule has 0 aliphatic carbocycles. The maximum absolute atomic E-state index is 11.8. The molecule has 0 bridgehead atoms. The SMILES string of the molecule is CCN(CC)CCCNC(=O)c1cc(O)cc(O)c1. The van der Waals surface area contributed by atoms with Gasteiger partial charge < -0.3 is 20.4 Å². The molecule has 1 amide bonds. The van der Waals surface area contributed by atoms with Crippen molar-refractivity contribution < 1.29 is 15.0 Å². The van der Waals surface area contributed by atoms with Crippen LogP contribution in [-0.2, 0) is 0 Å². The van der Waals surface area contributed by atoms with Gasteiger partial charge in [0.2, 0.25) is 0 Å². The number of hydrogen-bond donors (Lipinski definition) is 3. The molecule has 0 unspecified atom stereocenters. The predicted octanol–water partition coefficient (Wildman–Crippen LogP) is 1.56. The third kappa shape index (κ3) is 5.18. The number of benzene rings is 1. The fourth-order valence-corrected chi connectivity index (χ4v) is 1.87. The summed E-state index contributed by atoms with van der Waals surface area (Å²) in [6, 6.07) is 3.86. The van der Waals surface area contributed by atoms with Crippen LogP contribution in [0.3, 0.4) is 0 Å². The summed E-state index contributed by atoms with van der Waals surface area (Å²) in [4.78, 5) is 14.1. The average Bonchev–Trinajstić information content (AvgIpc) is 2.37. The number of amides is 1. The summed E-state index contributed by atoms with van der Waals surface area (Å²) in [6.45, 7) is 7.75. The summed E-state index contributed by atoms with van der Waals surface area (Å²) in [5, 5.41) is 21.4. The lowest BCUT2D eigenvalue weighted by Crippen LogP contribution is -2.29. The number of nitrogens with zero attached hydrogens (tertiary/aromatic N) is 1. The summed E-state index contributed by atoms with van der Waals surface area (Å²) in [5.74, 6) is -0.521. The van der Waals surface area contributed by atoms with Crippen LogP contribution in [-0.4, -0.2) is 47.2 Å². The largest absolute Gasteiger partial charge is 0.508 e. The van der Waals surface area contributed by atoms with E-state index in [4.69, 9.17) is 0 Å². The Hall–Kier alpha value is -1.75. The van der Waals surface area contributed by atoms with Gasteiger partial charge in [-0.15, -0.1) is 0 Å². The van der Waals surface area contributed by atoms with Gasteiger partial charge in [0.1, 0.15) is 11.5 Å². The van der Waals surface area contributed by atoms with E-state index in [0.29, 0.717) is 6.54 Å². The molecule has 106 valence electrons. The van der Waals surface area contributed by atoms with Crippen LogP contribution >= 0.6 is 0 Å². The molecule has 0 heterocycles. The number of aromatic hydroxyl groups is 2. The molecule has 1 rings (SSSR count). The van der Waals surface area contributed by atoms with Gasteiger partial charge in [0.15, 0.2) is 0 Å². The fraction of sp³-hybridized carbons (Fsp3) is 0.500. The molecular weight excluding hydrogens is 244 g/mol. The third-order valence-electron chi connectivity index (χ3n) is 3.00. The van der Waals surface area contributed by atoms with E-state index in [1.165, 1.54) is 18.2 Å². The van der Waals surface area contributed by atoms with Gasteiger partial charge in [-0.25, -0.2) is 0 Å². The van der Waals surface area contributed by atoms with Crippen LogP contribution in [0.1, 0.15) is 30.6 Å². The molecule has 0 saturated heterocycles. The van der Waals surface area contributed by atoms with Crippen LogP contribution in [0.5, 0.6) is 11.5 Å². The first kappa shape index (κ1) is 15.3. The van der Waals surface area contributed by atoms with Crippen molar-refractivity contribution in [1.29, 1.82) is 0 Å². The summed E-state index contributed by atoms with van der Waals surface area (Å²) < 4.78 is 0. The molecule has 0 spiro atoms. The molecule has 19 heavy (non-hydrogen) atoms. The molecule has 0 fully saturated rings. The van der Waals surface area contributed by atoms with Crippen molar-refractivity contribution in [3.8, 4) is 11.5 Å². The van der Waals surface area contributed by atoms with Gasteiger partial charge in [0.25, 0.3) is 5.91 Å². The molecule has 1 aromatic rings. The zero-order valence-corrected chi connectivity index (χ0v) is 11.5. The Balaban J connectivity index is 2.39. The predicted molar refractivity (Wildman–Crippen MR) is 74.5 cm³/mol. The monoisotopic (exact) mass is 266 g/mol. The second kappa shape index (κ2) is 7.63. The van der Waals surface area contributed by atoms with Gasteiger partial charge in [-0.2, -0.15) is 0 Å². The van der Waals surface area contributed by atoms with Gasteiger partial charge in [0, 0.05) is 18.2 Å². The second-order valence-corrected chi connectivity index (χ2v) is 4.37. The van der Waals surface area contributed by atoms with Gasteiger partial charge in [-0.1, -0.05) is 13.8 Å². The lowest BCUT2D eigenvalue weighted by atomic mass is 10.2. The van der Waals surface area contributed by atoms with E-state index in [9.17, 15) is 15.0 Å². The topological polar surface area (TPSA) is 72.8 Å². The Bertz CT molecular complexity index is 397. The number of phenols is 2. The van der Waals surface area contributed by atoms with Crippen molar-refractivity contribution in [2.24, 2.45) is 0 Å². The minimum Gasteiger partial charge on any atom is -0.508 e. The van der Waals surface area contributed by atoms with E-state index in [2.05, 4.69) is 24.1 Å². The highest BCUT2D eigenvalue weighted by atomic mass is 16.3. The van der Waals surface area contributed by atoms with Crippen molar-refractivity contribution in [3.05, 3.63) is 23.8 Å². The van der Waals surface area contributed by atoms with Crippen molar-refractivity contribution in [2.45, 2.75) is 20.3 Å². The molecule has 0 radical (unpaired) electrons. The normalized spacial score (nSPS) is 10.7. The van der Waals surface area contributed by atoms with Crippen molar-refractivity contribution in [3.63, 3.8) is 0 Å². The lowest BCUT2D eigenvalue weighted by molar-refractivity contribution is 0.0951. The van der Waals surface area contributed by atoms with E-state index in [1.54, 1.807) is 0 Å². The van der Waals surface area contributed by atoms with Crippen molar-refractivity contribution in [2.75, 3.05) is 26.2 Å². The standard InChI is InChI=1S/C14H22N2O3/c1-3-16(4-2)7-5-6-15-14(19)11-8-12(17)10-13(18)9-11/h8-10,17-18H,3-7H2,1-2H3,(H,15,19). The first-order valence-electron chi connectivity index (χ1n) is 6.60. The molecule has 5 heteroatoms. The van der Waals surface area contributed by atoms with Crippen LogP contribution < -0.4 is 5.32 Å². The average molecular weight is 266 g/mol. The smallest absolute Gasteiger partial charge is 0.251 e. The Morgan fingerprint density at radius 3 is 2.26 bits per heavy atom. The molecule has 0 aromatic heterocycles. The molecule has 0 aliphatic heterocycles. The maximum atomic E-state index is 11.8. The zero-order valence-electron chi connectivity index (χ0n) is 11.5. The van der Waals surface area contributed by atoms with Gasteiger partial charge in [-0.05, 0) is 38.2 Å². The molecule has 0 saturated carbocycles. The Morgan fingerprint density at radius 1 is 1.16 bits per heavy atom. The number of nitrogens with one attached hydrogen (secondary N) is 1. The third-order valence-corrected chi connectivity index (χ3v) is 3.00. The zero-order chi connectivity index (χ0) is 14.3. The maximum Gasteiger partial charge on any atom is 0.251 e. The summed E-state index contributed by atoms with van der Waals surface area (Å²) in [7, 11) is 0. The number of hydrogen-bond acceptors (Lipinski definition) is 4. The minimum absolute atomic E-state index is 0.117. The molecular formula is C14H22N2O3. The van der Waals surface area contributed by atoms with Crippen LogP contribution in [0.2, 0.25) is 0 Å². The van der Waals surface area contributed by atoms with E-state index in [-0.39, 0.29) is 23.0 Å². The Morgan fingerprint density at radius 2 is 1.74 bits per heavy atom. The summed E-state index contributed by atoms with van der Waals surface area (Å²) in [5.41, 5.74) is 0.264. The lowest BCUT2D eigenvalue weighted by Gasteiger charge is -2.17. The number of rotatable bonds is 7. The molecule has 5 nitrogen and oxygen atoms in total. The van der Waals surface area contributed by atoms with Crippen LogP contribution in [0.25, 0.3) is 0 Å². The highest BCUT2D eigenvalue weighted by Crippen LogP contribution is 2.20. The first-order chi connectivity index (χ1) is 9.06. The van der Waals surface area contributed by atoms with E-state index in [0.717, 1.165) is 26.1 Å². The number of carbonyl (C=O) groups excluding carboxylic acids is 1. The highest BCUT2D eigenvalue weighted by Gasteiger charge is 2.08. The molecule has 0 aliphatic rings. The molecule has 3 N–H and O–H groups in total. The van der Waals surface area contributed by atoms with Crippen molar-refractivity contribution in [1.82, 2.24) is 10.2 Å². The van der Waals surface area contributed by atoms with Crippen molar-refractivity contribution >= 4 is 5.91 Å². The fourth-order valence-electron chi connectivity index (χ4n) is 1.87. The highest BCUT2D eigenvalue weighted by molar-refractivity contribution is 5.94. The van der Waals surface area contributed by atoms with Crippen LogP contribution in [0.4, 0.5) is 0 Å². The number of carbonyl (C=O) groups is 1. The minimum atomic E-state index is -0.286. The van der Waals surface area contributed by atoms with Gasteiger partial charge in [-0.3, -0.25) is 4.79 Å². The number of phenolic OH excluding ortho intramolecular Hbond substituents is 2. The summed E-state index contributed by atoms with van der Waals surface area (Å²) in [6.07, 6.45) is 0.873. The first-order valence-corrected chi connectivity index (χ1v) is 6.60. The van der Waals surface area contributed by atoms with E-state index < -0.39 is 0 Å². The van der Waals surface area contributed by atoms with E-state index in [1.807, 2.05) is 0 Å². The Kier molecular flexibility index (Phi) is 6.15. The molecule has 0 atom stereocenters. The molecule has 1 aromatic carbocycles.